The molecule has 4 aromatic rings. The molecule has 11 nitrogen and oxygen atoms in total. The molecule has 5 rings (SSSR count). The number of rotatable bonds is 11. The van der Waals surface area contributed by atoms with Gasteiger partial charge in [0.1, 0.15) is 11.5 Å². The van der Waals surface area contributed by atoms with Crippen LogP contribution >= 0.6 is 0 Å². The first kappa shape index (κ1) is 28.5. The van der Waals surface area contributed by atoms with E-state index < -0.39 is 29.4 Å². The third-order valence-corrected chi connectivity index (χ3v) is 6.81. The summed E-state index contributed by atoms with van der Waals surface area (Å²) in [6, 6.07) is 16.8. The van der Waals surface area contributed by atoms with Crippen LogP contribution < -0.4 is 26.2 Å². The van der Waals surface area contributed by atoms with Crippen LogP contribution in [0.3, 0.4) is 0 Å². The molecule has 1 N–H and O–H groups in total. The molecule has 1 aliphatic rings. The zero-order chi connectivity index (χ0) is 29.9. The van der Waals surface area contributed by atoms with Crippen molar-refractivity contribution >= 4 is 17.6 Å². The van der Waals surface area contributed by atoms with Gasteiger partial charge in [-0.3, -0.25) is 9.36 Å². The Morgan fingerprint density at radius 3 is 2.29 bits per heavy atom. The second-order valence-electron chi connectivity index (χ2n) is 9.89. The minimum atomic E-state index is -2.96. The van der Waals surface area contributed by atoms with E-state index in [4.69, 9.17) is 9.47 Å². The second kappa shape index (κ2) is 11.8. The number of carbonyl (C=O) groups excluding carboxylic acids is 1. The van der Waals surface area contributed by atoms with Gasteiger partial charge < -0.3 is 19.5 Å². The Bertz CT molecular complexity index is 1680. The van der Waals surface area contributed by atoms with Crippen LogP contribution in [0.4, 0.5) is 20.4 Å². The van der Waals surface area contributed by atoms with Gasteiger partial charge in [0.15, 0.2) is 0 Å². The maximum Gasteiger partial charge on any atom is 0.387 e. The smallest absolute Gasteiger partial charge is 0.387 e. The highest BCUT2D eigenvalue weighted by Crippen LogP contribution is 2.47. The maximum atomic E-state index is 13.6. The van der Waals surface area contributed by atoms with Gasteiger partial charge in [-0.05, 0) is 55.7 Å². The number of alkyl halides is 2. The number of benzene rings is 2. The zero-order valence-corrected chi connectivity index (χ0v) is 22.8. The Kier molecular flexibility index (Phi) is 8.00. The number of carbonyl (C=O) groups is 1. The third kappa shape index (κ3) is 6.45. The number of nitrogens with zero attached hydrogens (tertiary/aromatic N) is 4. The van der Waals surface area contributed by atoms with Crippen LogP contribution in [0.5, 0.6) is 17.4 Å². The molecule has 13 heteroatoms. The van der Waals surface area contributed by atoms with E-state index in [9.17, 15) is 23.2 Å². The van der Waals surface area contributed by atoms with Crippen LogP contribution in [-0.4, -0.2) is 38.8 Å². The van der Waals surface area contributed by atoms with Crippen molar-refractivity contribution in [1.29, 1.82) is 0 Å². The van der Waals surface area contributed by atoms with E-state index in [1.807, 2.05) is 31.2 Å². The topological polar surface area (TPSA) is 127 Å². The molecule has 218 valence electrons. The molecular weight excluding hydrogens is 552 g/mol. The number of aromatic nitrogens is 4. The fourth-order valence-electron chi connectivity index (χ4n) is 4.33. The Labute approximate surface area is 238 Å². The zero-order valence-electron chi connectivity index (χ0n) is 22.8. The highest BCUT2D eigenvalue weighted by molar-refractivity contribution is 5.79. The van der Waals surface area contributed by atoms with Crippen LogP contribution in [0, 0.1) is 12.3 Å². The monoisotopic (exact) mass is 579 g/mol. The van der Waals surface area contributed by atoms with E-state index in [-0.39, 0.29) is 30.7 Å². The predicted octanol–water partition coefficient (Wildman–Crippen LogP) is 4.25. The Balaban J connectivity index is 1.40. The van der Waals surface area contributed by atoms with Crippen molar-refractivity contribution in [2.45, 2.75) is 39.5 Å². The minimum Gasteiger partial charge on any atom is -0.469 e. The number of ether oxygens (including phenoxy) is 3. The van der Waals surface area contributed by atoms with Crippen LogP contribution in [0.1, 0.15) is 24.0 Å². The van der Waals surface area contributed by atoms with E-state index in [1.54, 1.807) is 24.3 Å². The van der Waals surface area contributed by atoms with E-state index in [2.05, 4.69) is 20.0 Å². The number of methoxy groups -OCH3 is 1. The minimum absolute atomic E-state index is 0.0229. The number of halogens is 2. The lowest BCUT2D eigenvalue weighted by Crippen LogP contribution is -2.45. The Morgan fingerprint density at radius 1 is 1.00 bits per heavy atom. The summed E-state index contributed by atoms with van der Waals surface area (Å²) in [6.45, 7) is -0.998. The van der Waals surface area contributed by atoms with E-state index in [0.29, 0.717) is 24.3 Å². The van der Waals surface area contributed by atoms with Gasteiger partial charge in [0, 0.05) is 18.3 Å². The highest BCUT2D eigenvalue weighted by Gasteiger charge is 2.52. The van der Waals surface area contributed by atoms with Crippen molar-refractivity contribution in [3.63, 3.8) is 0 Å². The number of nitrogens with one attached hydrogen (secondary N) is 1. The van der Waals surface area contributed by atoms with Crippen LogP contribution in [0.25, 0.3) is 0 Å². The van der Waals surface area contributed by atoms with Crippen LogP contribution in [-0.2, 0) is 22.6 Å². The average molecular weight is 580 g/mol. The molecule has 1 aliphatic carbocycles. The largest absolute Gasteiger partial charge is 0.469 e. The normalized spacial score (nSPS) is 13.5. The summed E-state index contributed by atoms with van der Waals surface area (Å²) in [4.78, 5) is 47.1. The van der Waals surface area contributed by atoms with Gasteiger partial charge in [-0.1, -0.05) is 29.8 Å². The molecule has 0 radical (unpaired) electrons. The average Bonchev–Trinajstić information content (AvgIpc) is 3.76. The number of esters is 1. The van der Waals surface area contributed by atoms with Gasteiger partial charge in [-0.2, -0.15) is 13.8 Å². The first-order chi connectivity index (χ1) is 20.2. The Hall–Kier alpha value is -5.07. The molecule has 2 aromatic carbocycles. The molecule has 0 atom stereocenters. The molecule has 2 heterocycles. The molecular formula is C29H27F2N5O6. The number of pyridine rings is 1. The lowest BCUT2D eigenvalue weighted by Gasteiger charge is -2.18. The number of hydrogen-bond acceptors (Lipinski definition) is 9. The van der Waals surface area contributed by atoms with Crippen LogP contribution in [0.15, 0.2) is 76.4 Å². The third-order valence-electron chi connectivity index (χ3n) is 6.81. The number of aryl methyl sites for hydroxylation is 1. The molecule has 2 aromatic heterocycles. The molecule has 1 fully saturated rings. The number of hydrogen-bond donors (Lipinski definition) is 1. The summed E-state index contributed by atoms with van der Waals surface area (Å²) in [7, 11) is 1.28. The Morgan fingerprint density at radius 2 is 1.69 bits per heavy atom. The molecule has 0 amide bonds. The number of anilines is 2. The lowest BCUT2D eigenvalue weighted by atomic mass is 10.1. The maximum absolute atomic E-state index is 13.6. The summed E-state index contributed by atoms with van der Waals surface area (Å²) in [5, 5.41) is 3.03. The van der Waals surface area contributed by atoms with Crippen molar-refractivity contribution in [2.75, 3.05) is 12.4 Å². The summed E-state index contributed by atoms with van der Waals surface area (Å²) < 4.78 is 41.8. The quantitative estimate of drug-likeness (QED) is 0.260. The van der Waals surface area contributed by atoms with Crippen LogP contribution in [0.2, 0.25) is 0 Å². The standard InChI is InChI=1S/C29H27F2N5O6/c1-18-3-5-19(6-4-18)16-35-26(34-27(38)36(28(35)39)17-29(13-14-29)24(37)40-2)33-20-7-9-21(10-8-20)41-23-12-11-22(15-32-23)42-25(30)31/h3-12,15,25H,13-14,16-17H2,1-2H3,(H,33,34,38). The van der Waals surface area contributed by atoms with E-state index >= 15 is 0 Å². The first-order valence-corrected chi connectivity index (χ1v) is 13.0. The van der Waals surface area contributed by atoms with Crippen molar-refractivity contribution in [1.82, 2.24) is 19.1 Å². The SMILES string of the molecule is COC(=O)C1(Cn2c(=O)nc(Nc3ccc(Oc4ccc(OC(F)F)cn4)cc3)n(Cc3ccc(C)cc3)c2=O)CC1. The fraction of sp³-hybridized carbons (Fsp3) is 0.276. The first-order valence-electron chi connectivity index (χ1n) is 13.0. The van der Waals surface area contributed by atoms with E-state index in [0.717, 1.165) is 21.9 Å². The summed E-state index contributed by atoms with van der Waals surface area (Å²) in [5.41, 5.74) is 0.0636. The van der Waals surface area contributed by atoms with Gasteiger partial charge in [-0.15, -0.1) is 0 Å². The summed E-state index contributed by atoms with van der Waals surface area (Å²) >= 11 is 0. The molecule has 0 bridgehead atoms. The molecule has 1 saturated carbocycles. The molecule has 0 aliphatic heterocycles. The van der Waals surface area contributed by atoms with Crippen molar-refractivity contribution in [3.05, 3.63) is 99.0 Å². The van der Waals surface area contributed by atoms with Gasteiger partial charge in [0.05, 0.1) is 25.3 Å². The van der Waals surface area contributed by atoms with Crippen molar-refractivity contribution in [3.8, 4) is 17.4 Å². The van der Waals surface area contributed by atoms with Gasteiger partial charge in [0.2, 0.25) is 11.8 Å². The second-order valence-corrected chi connectivity index (χ2v) is 9.89. The van der Waals surface area contributed by atoms with E-state index in [1.165, 1.54) is 23.8 Å². The molecule has 0 unspecified atom stereocenters. The van der Waals surface area contributed by atoms with Crippen molar-refractivity contribution < 1.29 is 27.8 Å². The van der Waals surface area contributed by atoms with Gasteiger partial charge in [0.25, 0.3) is 0 Å². The predicted molar refractivity (Wildman–Crippen MR) is 147 cm³/mol. The summed E-state index contributed by atoms with van der Waals surface area (Å²) in [6.07, 6.45) is 2.15. The molecule has 42 heavy (non-hydrogen) atoms. The van der Waals surface area contributed by atoms with Gasteiger partial charge in [-0.25, -0.2) is 19.1 Å². The molecule has 0 spiro atoms. The van der Waals surface area contributed by atoms with Crippen molar-refractivity contribution in [2.24, 2.45) is 5.41 Å². The molecule has 0 saturated heterocycles. The van der Waals surface area contributed by atoms with Gasteiger partial charge >= 0.3 is 24.0 Å². The lowest BCUT2D eigenvalue weighted by molar-refractivity contribution is -0.147. The highest BCUT2D eigenvalue weighted by atomic mass is 19.3. The summed E-state index contributed by atoms with van der Waals surface area (Å²) in [5.74, 6) is 0.0230. The fourth-order valence-corrected chi connectivity index (χ4v) is 4.33.